The number of pyridine rings is 1. The molecule has 1 fully saturated rings. The number of anilines is 1. The molecule has 138 valence electrons. The van der Waals surface area contributed by atoms with Crippen LogP contribution in [0.15, 0.2) is 41.2 Å². The summed E-state index contributed by atoms with van der Waals surface area (Å²) in [6, 6.07) is 4.84. The van der Waals surface area contributed by atoms with Crippen molar-refractivity contribution >= 4 is 11.5 Å². The van der Waals surface area contributed by atoms with Gasteiger partial charge >= 0.3 is 0 Å². The zero-order valence-electron chi connectivity index (χ0n) is 15.8. The molecular weight excluding hydrogens is 324 g/mol. The fourth-order valence-electron chi connectivity index (χ4n) is 3.90. The first kappa shape index (κ1) is 17.1. The predicted molar refractivity (Wildman–Crippen MR) is 106 cm³/mol. The Labute approximate surface area is 155 Å². The Balaban J connectivity index is 1.59. The molecule has 4 rings (SSSR count). The Morgan fingerprint density at radius 1 is 1.31 bits per heavy atom. The third-order valence-corrected chi connectivity index (χ3v) is 5.06. The quantitative estimate of drug-likeness (QED) is 0.772. The van der Waals surface area contributed by atoms with Gasteiger partial charge in [-0.15, -0.1) is 0 Å². The number of aromatic nitrogens is 1. The minimum absolute atomic E-state index is 0.0513. The van der Waals surface area contributed by atoms with Gasteiger partial charge in [-0.25, -0.2) is 4.98 Å². The molecule has 6 nitrogen and oxygen atoms in total. The van der Waals surface area contributed by atoms with Crippen LogP contribution in [0.2, 0.25) is 0 Å². The van der Waals surface area contributed by atoms with Crippen molar-refractivity contribution in [3.8, 4) is 0 Å². The van der Waals surface area contributed by atoms with E-state index in [1.165, 1.54) is 12.0 Å². The molecule has 1 unspecified atom stereocenters. The average Bonchev–Trinajstić information content (AvgIpc) is 3.05. The van der Waals surface area contributed by atoms with Crippen LogP contribution in [0.5, 0.6) is 0 Å². The zero-order chi connectivity index (χ0) is 18.1. The Kier molecular flexibility index (Phi) is 4.68. The lowest BCUT2D eigenvalue weighted by Crippen LogP contribution is -2.51. The topological polar surface area (TPSA) is 64.6 Å². The molecule has 4 heterocycles. The fraction of sp³-hybridized carbons (Fsp3) is 0.500. The summed E-state index contributed by atoms with van der Waals surface area (Å²) < 4.78 is 0. The van der Waals surface area contributed by atoms with Crippen LogP contribution in [0.4, 0.5) is 5.82 Å². The maximum Gasteiger partial charge on any atom is 0.141 e. The first-order chi connectivity index (χ1) is 12.6. The van der Waals surface area contributed by atoms with Gasteiger partial charge < -0.3 is 15.5 Å². The van der Waals surface area contributed by atoms with Crippen molar-refractivity contribution in [2.45, 2.75) is 39.4 Å². The number of fused-ring (bicyclic) bond motifs is 1. The molecule has 0 radical (unpaired) electrons. The lowest BCUT2D eigenvalue weighted by atomic mass is 10.0. The van der Waals surface area contributed by atoms with Gasteiger partial charge in [-0.1, -0.05) is 19.9 Å². The van der Waals surface area contributed by atoms with Gasteiger partial charge in [0.1, 0.15) is 17.7 Å². The minimum Gasteiger partial charge on any atom is -0.367 e. The molecule has 2 atom stereocenters. The molecule has 3 aliphatic rings. The van der Waals surface area contributed by atoms with Crippen LogP contribution in [0.25, 0.3) is 0 Å². The van der Waals surface area contributed by atoms with Crippen LogP contribution < -0.4 is 21.0 Å². The van der Waals surface area contributed by atoms with Crippen molar-refractivity contribution in [3.63, 3.8) is 0 Å². The molecule has 3 aliphatic heterocycles. The molecule has 1 saturated heterocycles. The average molecular weight is 352 g/mol. The smallest absolute Gasteiger partial charge is 0.141 e. The van der Waals surface area contributed by atoms with Gasteiger partial charge in [0.15, 0.2) is 0 Å². The summed E-state index contributed by atoms with van der Waals surface area (Å²) >= 11 is 0. The summed E-state index contributed by atoms with van der Waals surface area (Å²) in [5, 5.41) is 11.5. The Hall–Kier alpha value is -2.34. The fourth-order valence-corrected chi connectivity index (χ4v) is 3.90. The van der Waals surface area contributed by atoms with Crippen molar-refractivity contribution in [3.05, 3.63) is 47.3 Å². The molecule has 1 aromatic heterocycles. The monoisotopic (exact) mass is 352 g/mol. The van der Waals surface area contributed by atoms with E-state index >= 15 is 0 Å². The first-order valence-corrected chi connectivity index (χ1v) is 9.54. The standard InChI is InChI=1S/C20H28N6/c1-13(2)9-15-12-26(8-7-21-15)18-11-14(3)10-17(23-18)19-16-5-4-6-22-20(16)25-24-19/h4-6,10-11,13,15,20-22,25H,7-9,12H2,1-3H3/t15-,20?/m0/s1. The van der Waals surface area contributed by atoms with Crippen LogP contribution in [-0.2, 0) is 0 Å². The number of nitrogens with zero attached hydrogens (tertiary/aromatic N) is 3. The second-order valence-corrected chi connectivity index (χ2v) is 7.78. The summed E-state index contributed by atoms with van der Waals surface area (Å²) in [5.74, 6) is 1.75. The number of aryl methyl sites for hydroxylation is 1. The van der Waals surface area contributed by atoms with Gasteiger partial charge in [-0.3, -0.25) is 5.43 Å². The third kappa shape index (κ3) is 3.46. The number of dihydropyridines is 1. The highest BCUT2D eigenvalue weighted by molar-refractivity contribution is 6.13. The second-order valence-electron chi connectivity index (χ2n) is 7.78. The Morgan fingerprint density at radius 2 is 2.19 bits per heavy atom. The molecule has 0 spiro atoms. The lowest BCUT2D eigenvalue weighted by Gasteiger charge is -2.35. The van der Waals surface area contributed by atoms with Crippen LogP contribution >= 0.6 is 0 Å². The third-order valence-electron chi connectivity index (χ3n) is 5.06. The van der Waals surface area contributed by atoms with Gasteiger partial charge in [0.25, 0.3) is 0 Å². The molecule has 0 amide bonds. The highest BCUT2D eigenvalue weighted by Gasteiger charge is 2.28. The van der Waals surface area contributed by atoms with Crippen LogP contribution in [-0.4, -0.2) is 42.5 Å². The molecule has 6 heteroatoms. The molecule has 0 bridgehead atoms. The van der Waals surface area contributed by atoms with E-state index in [2.05, 4.69) is 65.0 Å². The molecule has 3 N–H and O–H groups in total. The van der Waals surface area contributed by atoms with Gasteiger partial charge in [-0.05, 0) is 49.2 Å². The van der Waals surface area contributed by atoms with Crippen LogP contribution in [0.3, 0.4) is 0 Å². The summed E-state index contributed by atoms with van der Waals surface area (Å²) in [5.41, 5.74) is 7.39. The van der Waals surface area contributed by atoms with E-state index in [9.17, 15) is 0 Å². The van der Waals surface area contributed by atoms with E-state index in [0.717, 1.165) is 42.4 Å². The number of nitrogens with one attached hydrogen (secondary N) is 3. The highest BCUT2D eigenvalue weighted by Crippen LogP contribution is 2.23. The molecule has 0 aliphatic carbocycles. The zero-order valence-corrected chi connectivity index (χ0v) is 15.8. The summed E-state index contributed by atoms with van der Waals surface area (Å²) in [4.78, 5) is 7.39. The minimum atomic E-state index is 0.0513. The lowest BCUT2D eigenvalue weighted by molar-refractivity contribution is 0.387. The van der Waals surface area contributed by atoms with Gasteiger partial charge in [0, 0.05) is 31.2 Å². The van der Waals surface area contributed by atoms with Gasteiger partial charge in [0.05, 0.1) is 5.69 Å². The maximum absolute atomic E-state index is 4.98. The SMILES string of the molecule is Cc1cc(C2=NNC3NC=CC=C23)nc(N2CCN[C@@H](CC(C)C)C2)c1. The summed E-state index contributed by atoms with van der Waals surface area (Å²) in [6.07, 6.45) is 7.30. The van der Waals surface area contributed by atoms with Gasteiger partial charge in [0.2, 0.25) is 0 Å². The predicted octanol–water partition coefficient (Wildman–Crippen LogP) is 1.89. The van der Waals surface area contributed by atoms with Crippen molar-refractivity contribution in [1.29, 1.82) is 0 Å². The maximum atomic E-state index is 4.98. The first-order valence-electron chi connectivity index (χ1n) is 9.54. The van der Waals surface area contributed by atoms with E-state index in [0.29, 0.717) is 12.0 Å². The number of allylic oxidation sites excluding steroid dienone is 2. The highest BCUT2D eigenvalue weighted by atomic mass is 15.4. The molecular formula is C20H28N6. The molecule has 1 aromatic rings. The van der Waals surface area contributed by atoms with Crippen LogP contribution in [0.1, 0.15) is 31.5 Å². The van der Waals surface area contributed by atoms with Crippen molar-refractivity contribution in [2.24, 2.45) is 11.0 Å². The Bertz CT molecular complexity index is 764. The van der Waals surface area contributed by atoms with E-state index in [4.69, 9.17) is 4.98 Å². The van der Waals surface area contributed by atoms with Crippen molar-refractivity contribution in [1.82, 2.24) is 21.0 Å². The van der Waals surface area contributed by atoms with Crippen molar-refractivity contribution < 1.29 is 0 Å². The largest absolute Gasteiger partial charge is 0.367 e. The normalized spacial score (nSPS) is 24.7. The van der Waals surface area contributed by atoms with E-state index in [1.807, 2.05) is 12.3 Å². The van der Waals surface area contributed by atoms with E-state index in [1.54, 1.807) is 0 Å². The molecule has 0 aromatic carbocycles. The van der Waals surface area contributed by atoms with Crippen molar-refractivity contribution in [2.75, 3.05) is 24.5 Å². The number of hydrogen-bond acceptors (Lipinski definition) is 6. The number of hydrazone groups is 1. The molecule has 0 saturated carbocycles. The number of piperazine rings is 1. The van der Waals surface area contributed by atoms with Gasteiger partial charge in [-0.2, -0.15) is 5.10 Å². The second kappa shape index (κ2) is 7.11. The Morgan fingerprint density at radius 3 is 3.04 bits per heavy atom. The van der Waals surface area contributed by atoms with E-state index < -0.39 is 0 Å². The number of hydrogen-bond donors (Lipinski definition) is 3. The molecule has 26 heavy (non-hydrogen) atoms. The van der Waals surface area contributed by atoms with E-state index in [-0.39, 0.29) is 6.17 Å². The summed E-state index contributed by atoms with van der Waals surface area (Å²) in [7, 11) is 0. The number of rotatable bonds is 4. The van der Waals surface area contributed by atoms with Crippen LogP contribution in [0, 0.1) is 12.8 Å². The summed E-state index contributed by atoms with van der Waals surface area (Å²) in [6.45, 7) is 9.71.